The van der Waals surface area contributed by atoms with E-state index in [-0.39, 0.29) is 18.5 Å². The first kappa shape index (κ1) is 20.0. The van der Waals surface area contributed by atoms with Crippen LogP contribution >= 0.6 is 0 Å². The molecule has 2 N–H and O–H groups in total. The lowest BCUT2D eigenvalue weighted by Crippen LogP contribution is -2.35. The fourth-order valence-corrected chi connectivity index (χ4v) is 2.81. The molecule has 0 aliphatic heterocycles. The molecule has 0 bridgehead atoms. The molecule has 0 heterocycles. The molecule has 6 heteroatoms. The molecule has 0 saturated carbocycles. The van der Waals surface area contributed by atoms with E-state index in [2.05, 4.69) is 0 Å². The van der Waals surface area contributed by atoms with Crippen LogP contribution in [0.1, 0.15) is 33.5 Å². The topological polar surface area (TPSA) is 96.4 Å². The molecule has 1 amide bonds. The van der Waals surface area contributed by atoms with Gasteiger partial charge in [-0.2, -0.15) is 5.26 Å². The zero-order valence-electron chi connectivity index (χ0n) is 15.8. The number of ether oxygens (including phenoxy) is 1. The van der Waals surface area contributed by atoms with Crippen LogP contribution in [0.2, 0.25) is 0 Å². The van der Waals surface area contributed by atoms with Gasteiger partial charge in [0.05, 0.1) is 18.1 Å². The second-order valence-corrected chi connectivity index (χ2v) is 6.41. The Morgan fingerprint density at radius 3 is 2.44 bits per heavy atom. The highest BCUT2D eigenvalue weighted by atomic mass is 16.5. The number of rotatable bonds is 6. The van der Waals surface area contributed by atoms with Crippen molar-refractivity contribution in [1.82, 2.24) is 0 Å². The van der Waals surface area contributed by atoms with Crippen molar-refractivity contribution < 1.29 is 14.3 Å². The van der Waals surface area contributed by atoms with E-state index in [0.717, 1.165) is 16.7 Å². The van der Waals surface area contributed by atoms with Crippen molar-refractivity contribution in [2.45, 2.75) is 27.2 Å². The number of amides is 1. The lowest BCUT2D eigenvalue weighted by Gasteiger charge is -2.22. The number of benzene rings is 2. The Labute approximate surface area is 159 Å². The Kier molecular flexibility index (Phi) is 6.56. The predicted octanol–water partition coefficient (Wildman–Crippen LogP) is 3.30. The fourth-order valence-electron chi connectivity index (χ4n) is 2.81. The van der Waals surface area contributed by atoms with E-state index >= 15 is 0 Å². The first-order valence-electron chi connectivity index (χ1n) is 8.61. The summed E-state index contributed by atoms with van der Waals surface area (Å²) in [6.07, 6.45) is 0.178. The number of nitrogen functional groups attached to an aromatic ring is 1. The summed E-state index contributed by atoms with van der Waals surface area (Å²) < 4.78 is 5.18. The predicted molar refractivity (Wildman–Crippen MR) is 104 cm³/mol. The normalized spacial score (nSPS) is 10.1. The Morgan fingerprint density at radius 2 is 1.81 bits per heavy atom. The second-order valence-electron chi connectivity index (χ2n) is 6.41. The highest BCUT2D eigenvalue weighted by Crippen LogP contribution is 2.20. The monoisotopic (exact) mass is 365 g/mol. The second kappa shape index (κ2) is 8.86. The van der Waals surface area contributed by atoms with E-state index in [1.165, 1.54) is 4.90 Å². The highest BCUT2D eigenvalue weighted by Gasteiger charge is 2.20. The summed E-state index contributed by atoms with van der Waals surface area (Å²) in [4.78, 5) is 26.4. The summed E-state index contributed by atoms with van der Waals surface area (Å²) in [6.45, 7) is 5.46. The third-order valence-electron chi connectivity index (χ3n) is 4.14. The molecular formula is C21H23N3O3. The maximum absolute atomic E-state index is 12.7. The number of carbonyl (C=O) groups excluding carboxylic acids is 2. The standard InChI is InChI=1S/C21H23N3O3/c1-14-10-15(2)12-17(11-14)24(9-5-8-22)19(25)13-27-21(26)18-7-4-6-16(3)20(18)23/h4,6-7,10-12H,5,9,13,23H2,1-3H3. The van der Waals surface area contributed by atoms with Gasteiger partial charge in [0.25, 0.3) is 5.91 Å². The third kappa shape index (κ3) is 5.08. The molecule has 2 aromatic rings. The lowest BCUT2D eigenvalue weighted by atomic mass is 10.1. The average molecular weight is 365 g/mol. The van der Waals surface area contributed by atoms with Crippen LogP contribution in [0.4, 0.5) is 11.4 Å². The van der Waals surface area contributed by atoms with Crippen LogP contribution in [0.15, 0.2) is 36.4 Å². The van der Waals surface area contributed by atoms with Crippen molar-refractivity contribution in [2.24, 2.45) is 0 Å². The van der Waals surface area contributed by atoms with Crippen molar-refractivity contribution >= 4 is 23.3 Å². The van der Waals surface area contributed by atoms with Gasteiger partial charge in [-0.05, 0) is 55.7 Å². The van der Waals surface area contributed by atoms with Gasteiger partial charge in [-0.25, -0.2) is 4.79 Å². The molecule has 140 valence electrons. The molecule has 0 aliphatic carbocycles. The molecule has 2 rings (SSSR count). The number of anilines is 2. The molecule has 0 unspecified atom stereocenters. The fraction of sp³-hybridized carbons (Fsp3) is 0.286. The van der Waals surface area contributed by atoms with E-state index in [1.807, 2.05) is 38.1 Å². The Bertz CT molecular complexity index is 880. The summed E-state index contributed by atoms with van der Waals surface area (Å²) in [7, 11) is 0. The molecule has 0 atom stereocenters. The summed E-state index contributed by atoms with van der Waals surface area (Å²) in [5, 5.41) is 8.89. The van der Waals surface area contributed by atoms with Gasteiger partial charge in [0.15, 0.2) is 6.61 Å². The van der Waals surface area contributed by atoms with Gasteiger partial charge < -0.3 is 15.4 Å². The summed E-state index contributed by atoms with van der Waals surface area (Å²) in [6, 6.07) is 12.8. The first-order chi connectivity index (χ1) is 12.8. The molecule has 0 saturated heterocycles. The number of nitrogens with two attached hydrogens (primary N) is 1. The van der Waals surface area contributed by atoms with E-state index in [0.29, 0.717) is 11.4 Å². The van der Waals surface area contributed by atoms with Gasteiger partial charge in [-0.15, -0.1) is 0 Å². The Balaban J connectivity index is 2.15. The highest BCUT2D eigenvalue weighted by molar-refractivity contribution is 5.99. The molecule has 6 nitrogen and oxygen atoms in total. The number of nitrogens with zero attached hydrogens (tertiary/aromatic N) is 2. The van der Waals surface area contributed by atoms with Crippen molar-refractivity contribution in [3.8, 4) is 6.07 Å². The van der Waals surface area contributed by atoms with Crippen molar-refractivity contribution in [3.05, 3.63) is 58.7 Å². The van der Waals surface area contributed by atoms with Crippen molar-refractivity contribution in [3.63, 3.8) is 0 Å². The lowest BCUT2D eigenvalue weighted by molar-refractivity contribution is -0.121. The molecule has 2 aromatic carbocycles. The minimum atomic E-state index is -0.648. The largest absolute Gasteiger partial charge is 0.452 e. The minimum absolute atomic E-state index is 0.178. The summed E-state index contributed by atoms with van der Waals surface area (Å²) in [5.41, 5.74) is 9.93. The van der Waals surface area contributed by atoms with Crippen molar-refractivity contribution in [2.75, 3.05) is 23.8 Å². The molecule has 0 radical (unpaired) electrons. The summed E-state index contributed by atoms with van der Waals surface area (Å²) >= 11 is 0. The molecular weight excluding hydrogens is 342 g/mol. The van der Waals surface area contributed by atoms with Crippen LogP contribution in [-0.2, 0) is 9.53 Å². The smallest absolute Gasteiger partial charge is 0.340 e. The molecule has 27 heavy (non-hydrogen) atoms. The van der Waals surface area contributed by atoms with E-state index in [9.17, 15) is 9.59 Å². The number of aryl methyl sites for hydroxylation is 3. The maximum atomic E-state index is 12.7. The van der Waals surface area contributed by atoms with Crippen molar-refractivity contribution in [1.29, 1.82) is 5.26 Å². The van der Waals surface area contributed by atoms with Gasteiger partial charge in [0, 0.05) is 17.9 Å². The third-order valence-corrected chi connectivity index (χ3v) is 4.14. The van der Waals surface area contributed by atoms with Crippen LogP contribution in [-0.4, -0.2) is 25.0 Å². The van der Waals surface area contributed by atoms with Crippen LogP contribution in [0, 0.1) is 32.1 Å². The molecule has 0 spiro atoms. The molecule has 0 fully saturated rings. The van der Waals surface area contributed by atoms with Gasteiger partial charge in [-0.1, -0.05) is 18.2 Å². The average Bonchev–Trinajstić information content (AvgIpc) is 2.61. The van der Waals surface area contributed by atoms with E-state index < -0.39 is 18.5 Å². The Morgan fingerprint density at radius 1 is 1.15 bits per heavy atom. The number of esters is 1. The van der Waals surface area contributed by atoms with Gasteiger partial charge in [-0.3, -0.25) is 4.79 Å². The van der Waals surface area contributed by atoms with Crippen LogP contribution in [0.3, 0.4) is 0 Å². The number of carbonyl (C=O) groups is 2. The maximum Gasteiger partial charge on any atom is 0.340 e. The minimum Gasteiger partial charge on any atom is -0.452 e. The number of para-hydroxylation sites is 1. The van der Waals surface area contributed by atoms with Crippen LogP contribution < -0.4 is 10.6 Å². The number of nitriles is 1. The summed E-state index contributed by atoms with van der Waals surface area (Å²) in [5.74, 6) is -1.04. The SMILES string of the molecule is Cc1cc(C)cc(N(CCC#N)C(=O)COC(=O)c2cccc(C)c2N)c1. The Hall–Kier alpha value is -3.33. The molecule has 0 aromatic heterocycles. The van der Waals surface area contributed by atoms with E-state index in [4.69, 9.17) is 15.7 Å². The first-order valence-corrected chi connectivity index (χ1v) is 8.61. The number of hydrogen-bond donors (Lipinski definition) is 1. The van der Waals surface area contributed by atoms with Crippen LogP contribution in [0.5, 0.6) is 0 Å². The van der Waals surface area contributed by atoms with Crippen LogP contribution in [0.25, 0.3) is 0 Å². The zero-order valence-corrected chi connectivity index (χ0v) is 15.8. The van der Waals surface area contributed by atoms with Gasteiger partial charge in [0.2, 0.25) is 0 Å². The quantitative estimate of drug-likeness (QED) is 0.626. The molecule has 0 aliphatic rings. The number of hydrogen-bond acceptors (Lipinski definition) is 5. The van der Waals surface area contributed by atoms with Gasteiger partial charge in [0.1, 0.15) is 0 Å². The van der Waals surface area contributed by atoms with E-state index in [1.54, 1.807) is 25.1 Å². The van der Waals surface area contributed by atoms with Gasteiger partial charge >= 0.3 is 5.97 Å². The zero-order chi connectivity index (χ0) is 20.0.